The molecule has 1 N–H and O–H groups in total. The number of rotatable bonds is 6. The fourth-order valence-electron chi connectivity index (χ4n) is 3.60. The van der Waals surface area contributed by atoms with Crippen molar-refractivity contribution >= 4 is 17.5 Å². The van der Waals surface area contributed by atoms with E-state index in [0.29, 0.717) is 23.4 Å². The van der Waals surface area contributed by atoms with Crippen molar-refractivity contribution in [3.05, 3.63) is 59.7 Å². The second kappa shape index (κ2) is 10.1. The fraction of sp³-hybridized carbons (Fsp3) is 0.417. The van der Waals surface area contributed by atoms with Crippen LogP contribution in [0.4, 0.5) is 5.69 Å². The summed E-state index contributed by atoms with van der Waals surface area (Å²) >= 11 is 0. The first-order valence-electron chi connectivity index (χ1n) is 10.5. The monoisotopic (exact) mass is 394 g/mol. The number of carbonyl (C=O) groups excluding carboxylic acids is 2. The van der Waals surface area contributed by atoms with Crippen LogP contribution in [0.3, 0.4) is 0 Å². The van der Waals surface area contributed by atoms with Crippen LogP contribution in [0.25, 0.3) is 0 Å². The molecule has 0 spiro atoms. The molecule has 1 saturated heterocycles. The molecule has 5 heteroatoms. The van der Waals surface area contributed by atoms with Crippen LogP contribution in [0.5, 0.6) is 5.75 Å². The van der Waals surface area contributed by atoms with Crippen LogP contribution in [0, 0.1) is 6.92 Å². The minimum Gasteiger partial charge on any atom is -0.480 e. The van der Waals surface area contributed by atoms with Crippen molar-refractivity contribution in [2.24, 2.45) is 0 Å². The number of hydrogen-bond acceptors (Lipinski definition) is 3. The predicted molar refractivity (Wildman–Crippen MR) is 115 cm³/mol. The normalized spacial score (nSPS) is 15.3. The van der Waals surface area contributed by atoms with Gasteiger partial charge in [0, 0.05) is 13.1 Å². The van der Waals surface area contributed by atoms with E-state index in [2.05, 4.69) is 5.32 Å². The number of likely N-dealkylation sites (tertiary alicyclic amines) is 1. The zero-order valence-corrected chi connectivity index (χ0v) is 17.3. The highest BCUT2D eigenvalue weighted by molar-refractivity contribution is 6.04. The lowest BCUT2D eigenvalue weighted by Gasteiger charge is -2.23. The van der Waals surface area contributed by atoms with E-state index in [0.717, 1.165) is 44.3 Å². The molecule has 154 valence electrons. The Morgan fingerprint density at radius 3 is 2.34 bits per heavy atom. The van der Waals surface area contributed by atoms with Gasteiger partial charge >= 0.3 is 0 Å². The molecular weight excluding hydrogens is 364 g/mol. The van der Waals surface area contributed by atoms with Gasteiger partial charge in [-0.1, -0.05) is 50.1 Å². The number of hydrogen-bond donors (Lipinski definition) is 1. The molecule has 1 atom stereocenters. The molecule has 3 rings (SSSR count). The lowest BCUT2D eigenvalue weighted by Crippen LogP contribution is -2.35. The topological polar surface area (TPSA) is 58.6 Å². The number of anilines is 1. The number of nitrogens with one attached hydrogen (secondary N) is 1. The fourth-order valence-corrected chi connectivity index (χ4v) is 3.60. The van der Waals surface area contributed by atoms with E-state index >= 15 is 0 Å². The molecule has 1 heterocycles. The summed E-state index contributed by atoms with van der Waals surface area (Å²) in [7, 11) is 0. The van der Waals surface area contributed by atoms with E-state index in [4.69, 9.17) is 4.74 Å². The highest BCUT2D eigenvalue weighted by atomic mass is 16.5. The number of nitrogens with zero attached hydrogens (tertiary/aromatic N) is 1. The van der Waals surface area contributed by atoms with Gasteiger partial charge in [0.05, 0.1) is 11.3 Å². The molecule has 0 saturated carbocycles. The van der Waals surface area contributed by atoms with Gasteiger partial charge in [-0.15, -0.1) is 0 Å². The molecule has 2 amide bonds. The maximum absolute atomic E-state index is 13.1. The Morgan fingerprint density at radius 1 is 1.00 bits per heavy atom. The first kappa shape index (κ1) is 20.9. The average molecular weight is 395 g/mol. The minimum atomic E-state index is -0.627. The average Bonchev–Trinajstić information content (AvgIpc) is 3.02. The first-order chi connectivity index (χ1) is 14.1. The zero-order chi connectivity index (χ0) is 20.6. The number of aryl methyl sites for hydroxylation is 1. The maximum Gasteiger partial charge on any atom is 0.265 e. The zero-order valence-electron chi connectivity index (χ0n) is 17.3. The van der Waals surface area contributed by atoms with E-state index in [1.54, 1.807) is 12.1 Å². The minimum absolute atomic E-state index is 0.0179. The third kappa shape index (κ3) is 5.37. The van der Waals surface area contributed by atoms with Crippen molar-refractivity contribution < 1.29 is 14.3 Å². The molecule has 1 aliphatic heterocycles. The predicted octanol–water partition coefficient (Wildman–Crippen LogP) is 4.81. The Balaban J connectivity index is 1.74. The Morgan fingerprint density at radius 2 is 1.66 bits per heavy atom. The van der Waals surface area contributed by atoms with Gasteiger partial charge in [0.15, 0.2) is 6.10 Å². The first-order valence-corrected chi connectivity index (χ1v) is 10.5. The van der Waals surface area contributed by atoms with Crippen molar-refractivity contribution in [1.82, 2.24) is 4.90 Å². The lowest BCUT2D eigenvalue weighted by molar-refractivity contribution is -0.122. The van der Waals surface area contributed by atoms with Gasteiger partial charge in [-0.05, 0) is 49.9 Å². The van der Waals surface area contributed by atoms with Crippen LogP contribution in [0.15, 0.2) is 48.5 Å². The van der Waals surface area contributed by atoms with Crippen LogP contribution >= 0.6 is 0 Å². The van der Waals surface area contributed by atoms with Crippen molar-refractivity contribution in [2.45, 2.75) is 52.1 Å². The number of carbonyl (C=O) groups is 2. The van der Waals surface area contributed by atoms with Crippen molar-refractivity contribution in [2.75, 3.05) is 18.4 Å². The van der Waals surface area contributed by atoms with Crippen LogP contribution in [0.2, 0.25) is 0 Å². The molecule has 1 aliphatic rings. The summed E-state index contributed by atoms with van der Waals surface area (Å²) in [6.45, 7) is 5.41. The van der Waals surface area contributed by atoms with Crippen LogP contribution < -0.4 is 10.1 Å². The van der Waals surface area contributed by atoms with Gasteiger partial charge in [0.25, 0.3) is 11.8 Å². The van der Waals surface area contributed by atoms with Gasteiger partial charge in [-0.2, -0.15) is 0 Å². The molecule has 0 bridgehead atoms. The number of para-hydroxylation sites is 2. The Bertz CT molecular complexity index is 842. The number of amides is 2. The Kier molecular flexibility index (Phi) is 7.28. The van der Waals surface area contributed by atoms with E-state index < -0.39 is 6.10 Å². The summed E-state index contributed by atoms with van der Waals surface area (Å²) in [6, 6.07) is 14.9. The molecule has 2 aromatic rings. The molecule has 1 fully saturated rings. The highest BCUT2D eigenvalue weighted by Crippen LogP contribution is 2.22. The highest BCUT2D eigenvalue weighted by Gasteiger charge is 2.24. The van der Waals surface area contributed by atoms with E-state index in [1.165, 1.54) is 0 Å². The number of ether oxygens (including phenoxy) is 1. The summed E-state index contributed by atoms with van der Waals surface area (Å²) in [5, 5.41) is 2.93. The molecular formula is C24H30N2O3. The Labute approximate surface area is 173 Å². The van der Waals surface area contributed by atoms with Crippen LogP contribution in [-0.2, 0) is 4.79 Å². The molecule has 0 aliphatic carbocycles. The summed E-state index contributed by atoms with van der Waals surface area (Å²) in [6.07, 6.45) is 4.29. The molecule has 5 nitrogen and oxygen atoms in total. The molecule has 29 heavy (non-hydrogen) atoms. The molecule has 2 aromatic carbocycles. The van der Waals surface area contributed by atoms with Crippen molar-refractivity contribution in [1.29, 1.82) is 0 Å². The van der Waals surface area contributed by atoms with Crippen molar-refractivity contribution in [3.63, 3.8) is 0 Å². The van der Waals surface area contributed by atoms with E-state index in [9.17, 15) is 9.59 Å². The quantitative estimate of drug-likeness (QED) is 0.765. The van der Waals surface area contributed by atoms with Gasteiger partial charge in [0.2, 0.25) is 0 Å². The molecule has 0 aromatic heterocycles. The standard InChI is InChI=1S/C24H30N2O3/c1-3-21(29-22-15-9-6-12-18(22)2)23(27)25-20-14-8-7-13-19(20)24(28)26-16-10-4-5-11-17-26/h6-9,12-15,21H,3-5,10-11,16-17H2,1-2H3,(H,25,27)/t21-/m0/s1. The van der Waals surface area contributed by atoms with E-state index in [-0.39, 0.29) is 11.8 Å². The molecule has 0 radical (unpaired) electrons. The smallest absolute Gasteiger partial charge is 0.265 e. The third-order valence-electron chi connectivity index (χ3n) is 5.33. The third-order valence-corrected chi connectivity index (χ3v) is 5.33. The van der Waals surface area contributed by atoms with Gasteiger partial charge in [0.1, 0.15) is 5.75 Å². The van der Waals surface area contributed by atoms with Crippen molar-refractivity contribution in [3.8, 4) is 5.75 Å². The van der Waals surface area contributed by atoms with Gasteiger partial charge in [-0.3, -0.25) is 9.59 Å². The van der Waals surface area contributed by atoms with Gasteiger partial charge < -0.3 is 15.0 Å². The SMILES string of the molecule is CC[C@H](Oc1ccccc1C)C(=O)Nc1ccccc1C(=O)N1CCCCCC1. The van der Waals surface area contributed by atoms with Crippen LogP contribution in [-0.4, -0.2) is 35.9 Å². The molecule has 0 unspecified atom stereocenters. The second-order valence-corrected chi connectivity index (χ2v) is 7.52. The lowest BCUT2D eigenvalue weighted by atomic mass is 10.1. The van der Waals surface area contributed by atoms with Gasteiger partial charge in [-0.25, -0.2) is 0 Å². The largest absolute Gasteiger partial charge is 0.480 e. The second-order valence-electron chi connectivity index (χ2n) is 7.52. The summed E-state index contributed by atoms with van der Waals surface area (Å²) in [5.41, 5.74) is 2.06. The maximum atomic E-state index is 13.1. The summed E-state index contributed by atoms with van der Waals surface area (Å²) in [5.74, 6) is 0.436. The van der Waals surface area contributed by atoms with Crippen LogP contribution in [0.1, 0.15) is 54.9 Å². The Hall–Kier alpha value is -2.82. The number of benzene rings is 2. The summed E-state index contributed by atoms with van der Waals surface area (Å²) in [4.78, 5) is 27.9. The summed E-state index contributed by atoms with van der Waals surface area (Å²) < 4.78 is 5.95. The van der Waals surface area contributed by atoms with E-state index in [1.807, 2.05) is 55.1 Å².